The zero-order chi connectivity index (χ0) is 26.5. The van der Waals surface area contributed by atoms with Crippen LogP contribution in [0, 0.1) is 0 Å². The maximum atomic E-state index is 13.2. The van der Waals surface area contributed by atoms with Gasteiger partial charge in [0.1, 0.15) is 11.6 Å². The Labute approximate surface area is 228 Å². The number of halogens is 1. The zero-order valence-electron chi connectivity index (χ0n) is 21.7. The third-order valence-electron chi connectivity index (χ3n) is 6.92. The number of hydrogen-bond donors (Lipinski definition) is 0. The van der Waals surface area contributed by atoms with Crippen LogP contribution in [0.25, 0.3) is 11.4 Å². The van der Waals surface area contributed by atoms with Crippen molar-refractivity contribution in [1.29, 1.82) is 0 Å². The van der Waals surface area contributed by atoms with Gasteiger partial charge in [0.2, 0.25) is 0 Å². The molecule has 4 aromatic rings. The standard InChI is InChI=1S/C31H31ClN4O2/c1-3-28-26(21-22-10-9-13-24(20-22)38-2)30(34-29(33-28)23-11-5-4-6-12-23)35-16-18-36(19-17-35)31(37)25-14-7-8-15-27(25)32/h4-15,20H,3,16-19,21H2,1-2H3. The highest BCUT2D eigenvalue weighted by atomic mass is 35.5. The second-order valence-electron chi connectivity index (χ2n) is 9.30. The largest absolute Gasteiger partial charge is 0.497 e. The van der Waals surface area contributed by atoms with Crippen molar-refractivity contribution in [1.82, 2.24) is 14.9 Å². The Morgan fingerprint density at radius 2 is 1.66 bits per heavy atom. The molecule has 1 aliphatic heterocycles. The topological polar surface area (TPSA) is 58.6 Å². The van der Waals surface area contributed by atoms with E-state index in [1.165, 1.54) is 0 Å². The SMILES string of the molecule is CCc1nc(-c2ccccc2)nc(N2CCN(C(=O)c3ccccc3Cl)CC2)c1Cc1cccc(OC)c1. The van der Waals surface area contributed by atoms with Crippen molar-refractivity contribution in [3.05, 3.63) is 106 Å². The number of rotatable bonds is 7. The summed E-state index contributed by atoms with van der Waals surface area (Å²) in [6.07, 6.45) is 1.49. The molecule has 2 heterocycles. The van der Waals surface area contributed by atoms with Gasteiger partial charge in [0, 0.05) is 49.4 Å². The van der Waals surface area contributed by atoms with E-state index in [1.54, 1.807) is 19.2 Å². The first-order valence-corrected chi connectivity index (χ1v) is 13.3. The van der Waals surface area contributed by atoms with Crippen molar-refractivity contribution in [2.24, 2.45) is 0 Å². The first-order chi connectivity index (χ1) is 18.6. The summed E-state index contributed by atoms with van der Waals surface area (Å²) in [6.45, 7) is 4.67. The molecule has 0 bridgehead atoms. The van der Waals surface area contributed by atoms with E-state index in [4.69, 9.17) is 26.3 Å². The molecule has 0 N–H and O–H groups in total. The third-order valence-corrected chi connectivity index (χ3v) is 7.25. The molecule has 0 spiro atoms. The lowest BCUT2D eigenvalue weighted by Crippen LogP contribution is -2.49. The minimum absolute atomic E-state index is 0.0336. The Morgan fingerprint density at radius 3 is 2.37 bits per heavy atom. The second kappa shape index (κ2) is 11.7. The first kappa shape index (κ1) is 25.7. The molecule has 0 radical (unpaired) electrons. The fraction of sp³-hybridized carbons (Fsp3) is 0.258. The summed E-state index contributed by atoms with van der Waals surface area (Å²) in [6, 6.07) is 25.5. The number of nitrogens with zero attached hydrogens (tertiary/aromatic N) is 4. The van der Waals surface area contributed by atoms with Crippen LogP contribution >= 0.6 is 11.6 Å². The molecule has 0 atom stereocenters. The van der Waals surface area contributed by atoms with Crippen LogP contribution in [0.2, 0.25) is 5.02 Å². The third kappa shape index (κ3) is 5.50. The molecule has 1 fully saturated rings. The number of benzene rings is 3. The van der Waals surface area contributed by atoms with Crippen molar-refractivity contribution in [3.8, 4) is 17.1 Å². The van der Waals surface area contributed by atoms with Crippen molar-refractivity contribution in [3.63, 3.8) is 0 Å². The molecule has 1 aliphatic rings. The summed E-state index contributed by atoms with van der Waals surface area (Å²) in [4.78, 5) is 27.4. The van der Waals surface area contributed by atoms with Gasteiger partial charge in [-0.05, 0) is 36.2 Å². The molecule has 38 heavy (non-hydrogen) atoms. The van der Waals surface area contributed by atoms with E-state index in [0.717, 1.165) is 46.2 Å². The summed E-state index contributed by atoms with van der Waals surface area (Å²) < 4.78 is 5.46. The van der Waals surface area contributed by atoms with Crippen molar-refractivity contribution >= 4 is 23.3 Å². The molecule has 3 aromatic carbocycles. The summed E-state index contributed by atoms with van der Waals surface area (Å²) in [5.41, 5.74) is 4.83. The molecule has 1 aromatic heterocycles. The monoisotopic (exact) mass is 526 g/mol. The summed E-state index contributed by atoms with van der Waals surface area (Å²) in [5.74, 6) is 2.45. The summed E-state index contributed by atoms with van der Waals surface area (Å²) in [5, 5.41) is 0.483. The molecule has 0 aliphatic carbocycles. The van der Waals surface area contributed by atoms with Crippen LogP contribution in [0.5, 0.6) is 5.75 Å². The molecule has 1 saturated heterocycles. The number of aromatic nitrogens is 2. The molecular formula is C31H31ClN4O2. The smallest absolute Gasteiger partial charge is 0.255 e. The first-order valence-electron chi connectivity index (χ1n) is 12.9. The number of ether oxygens (including phenoxy) is 1. The molecule has 6 nitrogen and oxygen atoms in total. The fourth-order valence-corrected chi connectivity index (χ4v) is 5.10. The number of piperazine rings is 1. The van der Waals surface area contributed by atoms with Gasteiger partial charge in [0.25, 0.3) is 5.91 Å². The lowest BCUT2D eigenvalue weighted by molar-refractivity contribution is 0.0746. The van der Waals surface area contributed by atoms with Gasteiger partial charge < -0.3 is 14.5 Å². The number of aryl methyl sites for hydroxylation is 1. The quantitative estimate of drug-likeness (QED) is 0.299. The van der Waals surface area contributed by atoms with Gasteiger partial charge in [0.05, 0.1) is 17.7 Å². The minimum atomic E-state index is -0.0336. The highest BCUT2D eigenvalue weighted by Gasteiger charge is 2.27. The van der Waals surface area contributed by atoms with E-state index >= 15 is 0 Å². The van der Waals surface area contributed by atoms with Crippen molar-refractivity contribution in [2.75, 3.05) is 38.2 Å². The van der Waals surface area contributed by atoms with Gasteiger partial charge in [-0.1, -0.05) is 73.1 Å². The van der Waals surface area contributed by atoms with Gasteiger partial charge in [-0.3, -0.25) is 4.79 Å². The maximum Gasteiger partial charge on any atom is 0.255 e. The highest BCUT2D eigenvalue weighted by Crippen LogP contribution is 2.30. The number of amides is 1. The fourth-order valence-electron chi connectivity index (χ4n) is 4.88. The molecule has 1 amide bonds. The lowest BCUT2D eigenvalue weighted by atomic mass is 10.0. The highest BCUT2D eigenvalue weighted by molar-refractivity contribution is 6.33. The average Bonchev–Trinajstić information content (AvgIpc) is 2.98. The van der Waals surface area contributed by atoms with Crippen LogP contribution in [-0.4, -0.2) is 54.1 Å². The van der Waals surface area contributed by atoms with E-state index < -0.39 is 0 Å². The van der Waals surface area contributed by atoms with Crippen molar-refractivity contribution < 1.29 is 9.53 Å². The van der Waals surface area contributed by atoms with Crippen LogP contribution in [-0.2, 0) is 12.8 Å². The number of anilines is 1. The zero-order valence-corrected chi connectivity index (χ0v) is 22.5. The Kier molecular flexibility index (Phi) is 7.89. The molecule has 0 saturated carbocycles. The average molecular weight is 527 g/mol. The Bertz CT molecular complexity index is 1420. The maximum absolute atomic E-state index is 13.2. The van der Waals surface area contributed by atoms with E-state index in [2.05, 4.69) is 24.0 Å². The van der Waals surface area contributed by atoms with Crippen LogP contribution in [0.3, 0.4) is 0 Å². The molecule has 0 unspecified atom stereocenters. The predicted molar refractivity (Wildman–Crippen MR) is 152 cm³/mol. The molecule has 194 valence electrons. The molecule has 7 heteroatoms. The summed E-state index contributed by atoms with van der Waals surface area (Å²) in [7, 11) is 1.68. The normalized spacial score (nSPS) is 13.4. The van der Waals surface area contributed by atoms with Crippen LogP contribution in [0.1, 0.15) is 34.1 Å². The van der Waals surface area contributed by atoms with Crippen molar-refractivity contribution in [2.45, 2.75) is 19.8 Å². The van der Waals surface area contributed by atoms with Gasteiger partial charge >= 0.3 is 0 Å². The summed E-state index contributed by atoms with van der Waals surface area (Å²) >= 11 is 6.31. The van der Waals surface area contributed by atoms with E-state index in [-0.39, 0.29) is 5.91 Å². The van der Waals surface area contributed by atoms with Crippen LogP contribution < -0.4 is 9.64 Å². The Morgan fingerprint density at radius 1 is 0.921 bits per heavy atom. The molecular weight excluding hydrogens is 496 g/mol. The predicted octanol–water partition coefficient (Wildman–Crippen LogP) is 5.92. The Balaban J connectivity index is 1.48. The van der Waals surface area contributed by atoms with E-state index in [1.807, 2.05) is 59.5 Å². The minimum Gasteiger partial charge on any atom is -0.497 e. The van der Waals surface area contributed by atoms with Gasteiger partial charge in [0.15, 0.2) is 5.82 Å². The van der Waals surface area contributed by atoms with E-state index in [9.17, 15) is 4.79 Å². The lowest BCUT2D eigenvalue weighted by Gasteiger charge is -2.37. The number of carbonyl (C=O) groups is 1. The second-order valence-corrected chi connectivity index (χ2v) is 9.71. The number of carbonyl (C=O) groups excluding carboxylic acids is 1. The number of methoxy groups -OCH3 is 1. The van der Waals surface area contributed by atoms with Gasteiger partial charge in [-0.2, -0.15) is 0 Å². The van der Waals surface area contributed by atoms with E-state index in [0.29, 0.717) is 43.2 Å². The van der Waals surface area contributed by atoms with Crippen LogP contribution in [0.4, 0.5) is 5.82 Å². The number of hydrogen-bond acceptors (Lipinski definition) is 5. The van der Waals surface area contributed by atoms with Gasteiger partial charge in [-0.25, -0.2) is 9.97 Å². The Hall–Kier alpha value is -3.90. The van der Waals surface area contributed by atoms with Crippen LogP contribution in [0.15, 0.2) is 78.9 Å². The van der Waals surface area contributed by atoms with Gasteiger partial charge in [-0.15, -0.1) is 0 Å². The molecule has 5 rings (SSSR count).